The van der Waals surface area contributed by atoms with Crippen LogP contribution in [0.4, 0.5) is 0 Å². The molecule has 0 spiro atoms. The average molecular weight is 238 g/mol. The Hall–Kier alpha value is -1.59. The van der Waals surface area contributed by atoms with Crippen molar-refractivity contribution in [3.63, 3.8) is 0 Å². The summed E-state index contributed by atoms with van der Waals surface area (Å²) in [5.41, 5.74) is 0. The summed E-state index contributed by atoms with van der Waals surface area (Å²) in [6.07, 6.45) is -0.171. The highest BCUT2D eigenvalue weighted by atomic mass is 16.5. The lowest BCUT2D eigenvalue weighted by molar-refractivity contribution is -0.110. The molecule has 94 valence electrons. The van der Waals surface area contributed by atoms with Crippen LogP contribution < -0.4 is 15.4 Å². The molecular weight excluding hydrogens is 220 g/mol. The van der Waals surface area contributed by atoms with Gasteiger partial charge in [-0.2, -0.15) is 0 Å². The largest absolute Gasteiger partial charge is 0.491 e. The fourth-order valence-electron chi connectivity index (χ4n) is 1.24. The molecule has 2 unspecified atom stereocenters. The third kappa shape index (κ3) is 5.89. The minimum atomic E-state index is -0.619. The number of aliphatic hydroxyl groups is 1. The van der Waals surface area contributed by atoms with Gasteiger partial charge in [0.25, 0.3) is 0 Å². The summed E-state index contributed by atoms with van der Waals surface area (Å²) in [6, 6.07) is 9.30. The Morgan fingerprint density at radius 2 is 2.12 bits per heavy atom. The van der Waals surface area contributed by atoms with E-state index >= 15 is 0 Å². The normalized spacial score (nSPS) is 13.8. The van der Waals surface area contributed by atoms with E-state index in [9.17, 15) is 9.90 Å². The molecule has 0 saturated heterocycles. The van der Waals surface area contributed by atoms with Crippen LogP contribution in [0.2, 0.25) is 0 Å². The molecule has 1 amide bonds. The molecule has 5 nitrogen and oxygen atoms in total. The fraction of sp³-hybridized carbons (Fsp3) is 0.417. The van der Waals surface area contributed by atoms with Gasteiger partial charge >= 0.3 is 0 Å². The third-order valence-corrected chi connectivity index (χ3v) is 2.16. The number of para-hydroxylation sites is 1. The number of aliphatic hydroxyl groups excluding tert-OH is 1. The quantitative estimate of drug-likeness (QED) is 0.444. The first kappa shape index (κ1) is 13.5. The molecule has 0 aliphatic heterocycles. The summed E-state index contributed by atoms with van der Waals surface area (Å²) in [4.78, 5) is 10.1. The molecule has 1 aromatic rings. The van der Waals surface area contributed by atoms with Crippen LogP contribution in [0.1, 0.15) is 6.92 Å². The molecule has 1 aromatic carbocycles. The van der Waals surface area contributed by atoms with E-state index in [4.69, 9.17) is 4.74 Å². The van der Waals surface area contributed by atoms with Crippen molar-refractivity contribution >= 4 is 6.41 Å². The lowest BCUT2D eigenvalue weighted by Gasteiger charge is -2.16. The van der Waals surface area contributed by atoms with Crippen LogP contribution in [0.15, 0.2) is 30.3 Å². The van der Waals surface area contributed by atoms with Crippen molar-refractivity contribution in [1.82, 2.24) is 10.6 Å². The van der Waals surface area contributed by atoms with Gasteiger partial charge in [0.15, 0.2) is 0 Å². The molecule has 0 aliphatic rings. The molecule has 0 radical (unpaired) electrons. The second kappa shape index (κ2) is 7.65. The molecule has 0 aliphatic carbocycles. The molecule has 2 atom stereocenters. The van der Waals surface area contributed by atoms with Gasteiger partial charge in [-0.1, -0.05) is 18.2 Å². The standard InChI is InChI=1S/C12H18N2O3/c1-10(14-9-15)13-7-11(16)8-17-12-5-3-2-4-6-12/h2-6,9-11,13,16H,7-8H2,1H3,(H,14,15). The van der Waals surface area contributed by atoms with Gasteiger partial charge in [-0.3, -0.25) is 10.1 Å². The molecule has 5 heteroatoms. The number of hydrogen-bond acceptors (Lipinski definition) is 4. The first-order valence-electron chi connectivity index (χ1n) is 5.51. The molecule has 0 fully saturated rings. The van der Waals surface area contributed by atoms with Crippen LogP contribution in [0.5, 0.6) is 5.75 Å². The minimum Gasteiger partial charge on any atom is -0.491 e. The average Bonchev–Trinajstić information content (AvgIpc) is 2.35. The Bertz CT molecular complexity index is 319. The van der Waals surface area contributed by atoms with E-state index in [0.717, 1.165) is 5.75 Å². The van der Waals surface area contributed by atoms with Gasteiger partial charge in [0.2, 0.25) is 6.41 Å². The Morgan fingerprint density at radius 1 is 1.41 bits per heavy atom. The van der Waals surface area contributed by atoms with E-state index in [-0.39, 0.29) is 12.8 Å². The zero-order valence-corrected chi connectivity index (χ0v) is 9.80. The molecule has 0 bridgehead atoms. The number of nitrogens with one attached hydrogen (secondary N) is 2. The summed E-state index contributed by atoms with van der Waals surface area (Å²) in [7, 11) is 0. The van der Waals surface area contributed by atoms with Crippen LogP contribution >= 0.6 is 0 Å². The Labute approximate surface area is 101 Å². The number of amides is 1. The summed E-state index contributed by atoms with van der Waals surface area (Å²) in [5.74, 6) is 0.727. The van der Waals surface area contributed by atoms with Gasteiger partial charge < -0.3 is 15.2 Å². The third-order valence-electron chi connectivity index (χ3n) is 2.16. The van der Waals surface area contributed by atoms with E-state index < -0.39 is 6.10 Å². The number of carbonyl (C=O) groups is 1. The van der Waals surface area contributed by atoms with Crippen molar-refractivity contribution in [2.24, 2.45) is 0 Å². The van der Waals surface area contributed by atoms with Crippen LogP contribution in [0.3, 0.4) is 0 Å². The van der Waals surface area contributed by atoms with Crippen molar-refractivity contribution < 1.29 is 14.6 Å². The Morgan fingerprint density at radius 3 is 2.76 bits per heavy atom. The van der Waals surface area contributed by atoms with Gasteiger partial charge in [0, 0.05) is 6.54 Å². The molecule has 1 rings (SSSR count). The maximum absolute atomic E-state index is 10.1. The minimum absolute atomic E-state index is 0.168. The SMILES string of the molecule is CC(NC=O)NCC(O)COc1ccccc1. The lowest BCUT2D eigenvalue weighted by atomic mass is 10.3. The van der Waals surface area contributed by atoms with Crippen LogP contribution in [-0.4, -0.2) is 36.9 Å². The highest BCUT2D eigenvalue weighted by molar-refractivity contribution is 5.46. The summed E-state index contributed by atoms with van der Waals surface area (Å²) < 4.78 is 5.38. The fourth-order valence-corrected chi connectivity index (χ4v) is 1.24. The summed E-state index contributed by atoms with van der Waals surface area (Å²) in [5, 5.41) is 15.1. The van der Waals surface area contributed by atoms with Crippen LogP contribution in [0.25, 0.3) is 0 Å². The van der Waals surface area contributed by atoms with Crippen LogP contribution in [0, 0.1) is 0 Å². The second-order valence-electron chi connectivity index (χ2n) is 3.69. The zero-order chi connectivity index (χ0) is 12.5. The number of benzene rings is 1. The Kier molecular flexibility index (Phi) is 6.06. The molecule has 0 heterocycles. The lowest BCUT2D eigenvalue weighted by Crippen LogP contribution is -2.43. The van der Waals surface area contributed by atoms with Gasteiger partial charge in [0.05, 0.1) is 6.17 Å². The van der Waals surface area contributed by atoms with Crippen molar-refractivity contribution in [3.8, 4) is 5.75 Å². The predicted octanol–water partition coefficient (Wildman–Crippen LogP) is 0.108. The van der Waals surface area contributed by atoms with E-state index in [2.05, 4.69) is 10.6 Å². The zero-order valence-electron chi connectivity index (χ0n) is 9.80. The van der Waals surface area contributed by atoms with Crippen molar-refractivity contribution in [1.29, 1.82) is 0 Å². The number of ether oxygens (including phenoxy) is 1. The molecule has 3 N–H and O–H groups in total. The molecular formula is C12H18N2O3. The van der Waals surface area contributed by atoms with Gasteiger partial charge in [0.1, 0.15) is 18.5 Å². The molecule has 0 saturated carbocycles. The van der Waals surface area contributed by atoms with Gasteiger partial charge in [-0.05, 0) is 19.1 Å². The van der Waals surface area contributed by atoms with E-state index in [0.29, 0.717) is 13.0 Å². The van der Waals surface area contributed by atoms with E-state index in [1.165, 1.54) is 0 Å². The second-order valence-corrected chi connectivity index (χ2v) is 3.69. The summed E-state index contributed by atoms with van der Waals surface area (Å²) in [6.45, 7) is 2.36. The van der Waals surface area contributed by atoms with Gasteiger partial charge in [-0.15, -0.1) is 0 Å². The van der Waals surface area contributed by atoms with Crippen molar-refractivity contribution in [3.05, 3.63) is 30.3 Å². The molecule has 17 heavy (non-hydrogen) atoms. The topological polar surface area (TPSA) is 70.6 Å². The highest BCUT2D eigenvalue weighted by Gasteiger charge is 2.06. The van der Waals surface area contributed by atoms with Crippen molar-refractivity contribution in [2.75, 3.05) is 13.2 Å². The summed E-state index contributed by atoms with van der Waals surface area (Å²) >= 11 is 0. The number of carbonyl (C=O) groups excluding carboxylic acids is 1. The maximum Gasteiger partial charge on any atom is 0.208 e. The van der Waals surface area contributed by atoms with Crippen LogP contribution in [-0.2, 0) is 4.79 Å². The monoisotopic (exact) mass is 238 g/mol. The smallest absolute Gasteiger partial charge is 0.208 e. The van der Waals surface area contributed by atoms with Gasteiger partial charge in [-0.25, -0.2) is 0 Å². The van der Waals surface area contributed by atoms with Crippen molar-refractivity contribution in [2.45, 2.75) is 19.2 Å². The van der Waals surface area contributed by atoms with E-state index in [1.54, 1.807) is 6.92 Å². The number of hydrogen-bond donors (Lipinski definition) is 3. The number of rotatable bonds is 8. The molecule has 0 aromatic heterocycles. The van der Waals surface area contributed by atoms with E-state index in [1.807, 2.05) is 30.3 Å². The predicted molar refractivity (Wildman–Crippen MR) is 64.6 cm³/mol. The highest BCUT2D eigenvalue weighted by Crippen LogP contribution is 2.08. The Balaban J connectivity index is 2.17. The maximum atomic E-state index is 10.1. The first-order chi connectivity index (χ1) is 8.22. The first-order valence-corrected chi connectivity index (χ1v) is 5.51.